The molecule has 0 amide bonds. The number of pyridine rings is 1. The summed E-state index contributed by atoms with van der Waals surface area (Å²) < 4.78 is 27.7. The van der Waals surface area contributed by atoms with Crippen LogP contribution in [0.1, 0.15) is 11.3 Å². The van der Waals surface area contributed by atoms with Crippen molar-refractivity contribution in [3.8, 4) is 23.0 Å². The van der Waals surface area contributed by atoms with Crippen LogP contribution in [0.25, 0.3) is 10.8 Å². The molecule has 34 heavy (non-hydrogen) atoms. The number of benzene rings is 2. The Morgan fingerprint density at radius 2 is 1.79 bits per heavy atom. The Balaban J connectivity index is 1.47. The second kappa shape index (κ2) is 9.24. The van der Waals surface area contributed by atoms with Gasteiger partial charge in [-0.2, -0.15) is 0 Å². The first-order valence-electron chi connectivity index (χ1n) is 10.8. The molecule has 0 spiro atoms. The van der Waals surface area contributed by atoms with Crippen molar-refractivity contribution in [1.82, 2.24) is 4.98 Å². The fourth-order valence-electron chi connectivity index (χ4n) is 4.17. The Morgan fingerprint density at radius 3 is 2.59 bits per heavy atom. The summed E-state index contributed by atoms with van der Waals surface area (Å²) in [4.78, 5) is 4.55. The molecule has 5 atom stereocenters. The quantitative estimate of drug-likeness (QED) is 0.407. The fourth-order valence-corrected chi connectivity index (χ4v) is 4.17. The van der Waals surface area contributed by atoms with E-state index in [1.165, 1.54) is 7.11 Å². The van der Waals surface area contributed by atoms with Crippen molar-refractivity contribution in [3.63, 3.8) is 0 Å². The molecule has 0 aliphatic carbocycles. The molecule has 1 fully saturated rings. The maximum absolute atomic E-state index is 10.4. The van der Waals surface area contributed by atoms with Gasteiger partial charge >= 0.3 is 0 Å². The number of methoxy groups -OCH3 is 1. The van der Waals surface area contributed by atoms with Crippen molar-refractivity contribution in [3.05, 3.63) is 53.9 Å². The van der Waals surface area contributed by atoms with Crippen LogP contribution >= 0.6 is 0 Å². The monoisotopic (exact) mass is 471 g/mol. The van der Waals surface area contributed by atoms with E-state index in [-0.39, 0.29) is 12.5 Å². The second-order valence-corrected chi connectivity index (χ2v) is 8.16. The molecule has 2 aliphatic rings. The van der Waals surface area contributed by atoms with Crippen molar-refractivity contribution in [2.24, 2.45) is 0 Å². The first-order valence-corrected chi connectivity index (χ1v) is 10.8. The van der Waals surface area contributed by atoms with Crippen LogP contribution in [0.3, 0.4) is 0 Å². The van der Waals surface area contributed by atoms with Crippen LogP contribution in [0, 0.1) is 0 Å². The largest absolute Gasteiger partial charge is 0.493 e. The van der Waals surface area contributed by atoms with Crippen molar-refractivity contribution < 1.29 is 44.1 Å². The number of aliphatic hydroxyl groups excluding tert-OH is 4. The van der Waals surface area contributed by atoms with Crippen LogP contribution in [0.4, 0.5) is 0 Å². The number of aromatic nitrogens is 1. The lowest BCUT2D eigenvalue weighted by Gasteiger charge is -2.39. The number of rotatable bonds is 6. The van der Waals surface area contributed by atoms with Gasteiger partial charge in [0.15, 0.2) is 23.0 Å². The second-order valence-electron chi connectivity index (χ2n) is 8.16. The van der Waals surface area contributed by atoms with Crippen molar-refractivity contribution in [1.29, 1.82) is 0 Å². The van der Waals surface area contributed by atoms with Gasteiger partial charge in [-0.3, -0.25) is 4.98 Å². The van der Waals surface area contributed by atoms with E-state index in [2.05, 4.69) is 4.98 Å². The van der Waals surface area contributed by atoms with Crippen LogP contribution in [0.15, 0.2) is 42.6 Å². The Hall–Kier alpha value is -3.15. The molecule has 4 N–H and O–H groups in total. The number of fused-ring (bicyclic) bond motifs is 2. The van der Waals surface area contributed by atoms with Gasteiger partial charge in [-0.1, -0.05) is 6.07 Å². The van der Waals surface area contributed by atoms with Gasteiger partial charge in [0, 0.05) is 18.0 Å². The highest BCUT2D eigenvalue weighted by atomic mass is 16.7. The molecule has 0 radical (unpaired) electrons. The van der Waals surface area contributed by atoms with Gasteiger partial charge < -0.3 is 44.1 Å². The Kier molecular flexibility index (Phi) is 6.15. The van der Waals surface area contributed by atoms with Gasteiger partial charge in [-0.15, -0.1) is 0 Å². The summed E-state index contributed by atoms with van der Waals surface area (Å²) >= 11 is 0. The lowest BCUT2D eigenvalue weighted by Crippen LogP contribution is -2.60. The maximum atomic E-state index is 10.4. The first kappa shape index (κ1) is 22.6. The number of nitrogens with zero attached hydrogens (tertiary/aromatic N) is 1. The van der Waals surface area contributed by atoms with E-state index in [0.29, 0.717) is 23.7 Å². The van der Waals surface area contributed by atoms with Gasteiger partial charge in [-0.25, -0.2) is 0 Å². The van der Waals surface area contributed by atoms with Crippen LogP contribution in [-0.4, -0.2) is 76.6 Å². The third kappa shape index (κ3) is 4.10. The summed E-state index contributed by atoms with van der Waals surface area (Å²) in [6.07, 6.45) is -4.77. The molecule has 0 saturated carbocycles. The predicted molar refractivity (Wildman–Crippen MR) is 118 cm³/mol. The fraction of sp³-hybridized carbons (Fsp3) is 0.375. The van der Waals surface area contributed by atoms with Gasteiger partial charge in [-0.05, 0) is 41.3 Å². The molecule has 10 nitrogen and oxygen atoms in total. The van der Waals surface area contributed by atoms with Crippen LogP contribution in [0.5, 0.6) is 23.0 Å². The summed E-state index contributed by atoms with van der Waals surface area (Å²) in [5.74, 6) is 2.02. The Bertz CT molecular complexity index is 1180. The molecule has 2 aliphatic heterocycles. The zero-order valence-electron chi connectivity index (χ0n) is 18.3. The predicted octanol–water partition coefficient (Wildman–Crippen LogP) is 0.742. The van der Waals surface area contributed by atoms with E-state index in [1.807, 2.05) is 24.3 Å². The van der Waals surface area contributed by atoms with E-state index < -0.39 is 37.3 Å². The summed E-state index contributed by atoms with van der Waals surface area (Å²) in [5, 5.41) is 41.6. The van der Waals surface area contributed by atoms with E-state index in [9.17, 15) is 20.4 Å². The Morgan fingerprint density at radius 1 is 0.971 bits per heavy atom. The van der Waals surface area contributed by atoms with Crippen molar-refractivity contribution >= 4 is 10.8 Å². The van der Waals surface area contributed by atoms with E-state index >= 15 is 0 Å². The molecule has 0 bridgehead atoms. The van der Waals surface area contributed by atoms with Gasteiger partial charge in [0.05, 0.1) is 19.4 Å². The molecule has 0 unspecified atom stereocenters. The van der Waals surface area contributed by atoms with Crippen molar-refractivity contribution in [2.45, 2.75) is 37.1 Å². The third-order valence-electron chi connectivity index (χ3n) is 6.03. The first-order chi connectivity index (χ1) is 16.5. The topological polar surface area (TPSA) is 140 Å². The molecule has 2 aromatic carbocycles. The number of ether oxygens (including phenoxy) is 5. The summed E-state index contributed by atoms with van der Waals surface area (Å²) in [6.45, 7) is -0.354. The molecule has 3 aromatic rings. The molecule has 3 heterocycles. The number of aliphatic hydroxyl groups is 4. The molecule has 1 saturated heterocycles. The minimum Gasteiger partial charge on any atom is -0.493 e. The van der Waals surface area contributed by atoms with Gasteiger partial charge in [0.1, 0.15) is 24.4 Å². The standard InChI is InChI=1S/C24H25NO9/c1-30-17-8-13-4-5-25-15(6-12-2-3-16-18(7-12)32-11-31-16)14(13)9-19(17)33-24-23(29)22(28)21(27)20(10-26)34-24/h2-5,7-9,20-24,26-29H,6,10-11H2,1H3/t20-,21-,22+,23-,24-/m1/s1. The minimum absolute atomic E-state index is 0.198. The average Bonchev–Trinajstić information content (AvgIpc) is 3.32. The van der Waals surface area contributed by atoms with Crippen LogP contribution in [0.2, 0.25) is 0 Å². The summed E-state index contributed by atoms with van der Waals surface area (Å²) in [6, 6.07) is 11.1. The molecule has 10 heteroatoms. The normalized spacial score (nSPS) is 26.0. The number of hydrogen-bond donors (Lipinski definition) is 4. The van der Waals surface area contributed by atoms with E-state index in [4.69, 9.17) is 23.7 Å². The molecule has 180 valence electrons. The van der Waals surface area contributed by atoms with E-state index in [1.54, 1.807) is 18.3 Å². The lowest BCUT2D eigenvalue weighted by atomic mass is 9.99. The smallest absolute Gasteiger partial charge is 0.231 e. The van der Waals surface area contributed by atoms with Gasteiger partial charge in [0.25, 0.3) is 0 Å². The highest BCUT2D eigenvalue weighted by Crippen LogP contribution is 2.37. The lowest BCUT2D eigenvalue weighted by molar-refractivity contribution is -0.277. The summed E-state index contributed by atoms with van der Waals surface area (Å²) in [5.41, 5.74) is 1.76. The number of hydrogen-bond acceptors (Lipinski definition) is 10. The van der Waals surface area contributed by atoms with Crippen molar-refractivity contribution in [2.75, 3.05) is 20.5 Å². The average molecular weight is 471 g/mol. The van der Waals surface area contributed by atoms with Crippen LogP contribution < -0.4 is 18.9 Å². The molecular weight excluding hydrogens is 446 g/mol. The summed E-state index contributed by atoms with van der Waals surface area (Å²) in [7, 11) is 1.48. The van der Waals surface area contributed by atoms with E-state index in [0.717, 1.165) is 22.0 Å². The van der Waals surface area contributed by atoms with Crippen LogP contribution in [-0.2, 0) is 11.2 Å². The molecule has 5 rings (SSSR count). The molecular formula is C24H25NO9. The zero-order valence-corrected chi connectivity index (χ0v) is 18.3. The third-order valence-corrected chi connectivity index (χ3v) is 6.03. The highest BCUT2D eigenvalue weighted by Gasteiger charge is 2.45. The maximum Gasteiger partial charge on any atom is 0.231 e. The van der Waals surface area contributed by atoms with Gasteiger partial charge in [0.2, 0.25) is 13.1 Å². The molecule has 1 aromatic heterocycles. The SMILES string of the molecule is COc1cc2ccnc(Cc3ccc4c(c3)OCO4)c2cc1O[C@@H]1O[C@H](CO)[C@@H](O)[C@H](O)[C@H]1O. The minimum atomic E-state index is -1.55. The Labute approximate surface area is 194 Å². The zero-order chi connectivity index (χ0) is 23.8. The highest BCUT2D eigenvalue weighted by molar-refractivity contribution is 5.88.